The lowest BCUT2D eigenvalue weighted by molar-refractivity contribution is -0.161. The minimum Gasteiger partial charge on any atom is -0.461 e. The average molecular weight is 709 g/mol. The highest BCUT2D eigenvalue weighted by Gasteiger charge is 2.39. The second-order valence-corrected chi connectivity index (χ2v) is 14.7. The monoisotopic (exact) mass is 709 g/mol. The molecule has 6 atom stereocenters. The lowest BCUT2D eigenvalue weighted by atomic mass is 9.89. The summed E-state index contributed by atoms with van der Waals surface area (Å²) in [7, 11) is 0. The van der Waals surface area contributed by atoms with E-state index < -0.39 is 37.0 Å². The molecule has 1 fully saturated rings. The summed E-state index contributed by atoms with van der Waals surface area (Å²) in [5.74, 6) is -1.36. The number of unbranched alkanes of at least 4 members (excludes halogenated alkanes) is 19. The molecule has 1 aliphatic rings. The van der Waals surface area contributed by atoms with Crippen molar-refractivity contribution in [2.24, 2.45) is 11.8 Å². The maximum absolute atomic E-state index is 12.2. The maximum atomic E-state index is 12.2. The molecular formula is C42H76O8. The molecular weight excluding hydrogens is 632 g/mol. The van der Waals surface area contributed by atoms with Gasteiger partial charge >= 0.3 is 11.9 Å². The van der Waals surface area contributed by atoms with Crippen molar-refractivity contribution in [1.29, 1.82) is 0 Å². The van der Waals surface area contributed by atoms with Crippen LogP contribution in [0.5, 0.6) is 0 Å². The predicted molar refractivity (Wildman–Crippen MR) is 203 cm³/mol. The van der Waals surface area contributed by atoms with Crippen LogP contribution in [-0.4, -0.2) is 70.0 Å². The Kier molecular flexibility index (Phi) is 29.6. The molecule has 0 aromatic rings. The predicted octanol–water partition coefficient (Wildman–Crippen LogP) is 9.06. The van der Waals surface area contributed by atoms with Crippen molar-refractivity contribution in [2.75, 3.05) is 13.2 Å². The summed E-state index contributed by atoms with van der Waals surface area (Å²) in [4.78, 5) is 24.5. The first kappa shape index (κ1) is 46.3. The third-order valence-electron chi connectivity index (χ3n) is 10.1. The minimum absolute atomic E-state index is 0.00736. The van der Waals surface area contributed by atoms with Crippen LogP contribution >= 0.6 is 0 Å². The van der Waals surface area contributed by atoms with Gasteiger partial charge in [-0.2, -0.15) is 0 Å². The van der Waals surface area contributed by atoms with Gasteiger partial charge in [0, 0.05) is 18.8 Å². The van der Waals surface area contributed by atoms with Crippen LogP contribution < -0.4 is 0 Å². The Morgan fingerprint density at radius 2 is 1.22 bits per heavy atom. The Morgan fingerprint density at radius 1 is 0.700 bits per heavy atom. The molecule has 1 rings (SSSR count). The topological polar surface area (TPSA) is 134 Å². The Hall–Kier alpha value is -1.74. The van der Waals surface area contributed by atoms with E-state index in [0.29, 0.717) is 19.3 Å². The third kappa shape index (κ3) is 24.4. The van der Waals surface area contributed by atoms with Gasteiger partial charge in [0.1, 0.15) is 6.61 Å². The lowest BCUT2D eigenvalue weighted by Crippen LogP contribution is -2.28. The number of ether oxygens (including phenoxy) is 2. The van der Waals surface area contributed by atoms with Gasteiger partial charge in [0.2, 0.25) is 0 Å². The Bertz CT molecular complexity index is 874. The van der Waals surface area contributed by atoms with Gasteiger partial charge in [-0.05, 0) is 25.2 Å². The fraction of sp³-hybridized carbons (Fsp3) is 0.857. The molecule has 0 spiro atoms. The number of carbonyl (C=O) groups excluding carboxylic acids is 2. The fourth-order valence-electron chi connectivity index (χ4n) is 6.88. The summed E-state index contributed by atoms with van der Waals surface area (Å²) in [6.07, 6.45) is 32.2. The van der Waals surface area contributed by atoms with Gasteiger partial charge < -0.3 is 29.9 Å². The van der Waals surface area contributed by atoms with Crippen molar-refractivity contribution in [3.05, 3.63) is 24.3 Å². The Morgan fingerprint density at radius 3 is 1.76 bits per heavy atom. The summed E-state index contributed by atoms with van der Waals surface area (Å²) in [6, 6.07) is 0. The molecule has 0 heterocycles. The first-order valence-corrected chi connectivity index (χ1v) is 20.7. The van der Waals surface area contributed by atoms with Gasteiger partial charge in [-0.25, -0.2) is 0 Å². The number of rotatable bonds is 33. The second kappa shape index (κ2) is 32.0. The molecule has 4 N–H and O–H groups in total. The van der Waals surface area contributed by atoms with Crippen LogP contribution in [0.1, 0.15) is 181 Å². The summed E-state index contributed by atoms with van der Waals surface area (Å²) < 4.78 is 10.5. The van der Waals surface area contributed by atoms with Crippen molar-refractivity contribution in [2.45, 2.75) is 205 Å². The van der Waals surface area contributed by atoms with E-state index in [1.807, 2.05) is 6.08 Å². The van der Waals surface area contributed by atoms with E-state index in [1.165, 1.54) is 96.3 Å². The lowest BCUT2D eigenvalue weighted by Gasteiger charge is -2.19. The maximum Gasteiger partial charge on any atom is 0.309 e. The summed E-state index contributed by atoms with van der Waals surface area (Å²) >= 11 is 0. The Labute approximate surface area is 305 Å². The average Bonchev–Trinajstić information content (AvgIpc) is 3.37. The molecule has 0 bridgehead atoms. The highest BCUT2D eigenvalue weighted by Crippen LogP contribution is 2.36. The van der Waals surface area contributed by atoms with E-state index >= 15 is 0 Å². The normalized spacial score (nSPS) is 20.5. The zero-order chi connectivity index (χ0) is 36.7. The number of aliphatic hydroxyl groups excluding tert-OH is 4. The number of allylic oxidation sites excluding steroid dienone is 1. The number of aliphatic hydroxyl groups is 4. The molecule has 0 unspecified atom stereocenters. The summed E-state index contributed by atoms with van der Waals surface area (Å²) in [6.45, 7) is 3.77. The Balaban J connectivity index is 2.10. The highest BCUT2D eigenvalue weighted by molar-refractivity contribution is 5.71. The van der Waals surface area contributed by atoms with Crippen molar-refractivity contribution in [1.82, 2.24) is 0 Å². The van der Waals surface area contributed by atoms with Crippen LogP contribution in [0.3, 0.4) is 0 Å². The van der Waals surface area contributed by atoms with Crippen LogP contribution in [0.15, 0.2) is 24.3 Å². The third-order valence-corrected chi connectivity index (χ3v) is 10.1. The van der Waals surface area contributed by atoms with Gasteiger partial charge in [-0.15, -0.1) is 0 Å². The molecule has 1 aliphatic carbocycles. The highest BCUT2D eigenvalue weighted by atomic mass is 16.6. The van der Waals surface area contributed by atoms with Crippen LogP contribution in [-0.2, 0) is 19.1 Å². The molecule has 0 radical (unpaired) electrons. The summed E-state index contributed by atoms with van der Waals surface area (Å²) in [5, 5.41) is 40.7. The van der Waals surface area contributed by atoms with Gasteiger partial charge in [-0.1, -0.05) is 167 Å². The molecule has 50 heavy (non-hydrogen) atoms. The largest absolute Gasteiger partial charge is 0.461 e. The van der Waals surface area contributed by atoms with Gasteiger partial charge in [0.05, 0.1) is 31.3 Å². The molecule has 0 saturated heterocycles. The second-order valence-electron chi connectivity index (χ2n) is 14.7. The zero-order valence-electron chi connectivity index (χ0n) is 32.0. The minimum atomic E-state index is -0.883. The molecule has 8 nitrogen and oxygen atoms in total. The van der Waals surface area contributed by atoms with Gasteiger partial charge in [0.15, 0.2) is 6.10 Å². The molecule has 0 amide bonds. The first-order valence-electron chi connectivity index (χ1n) is 20.7. The van der Waals surface area contributed by atoms with Gasteiger partial charge in [0.25, 0.3) is 0 Å². The van der Waals surface area contributed by atoms with Crippen molar-refractivity contribution >= 4 is 11.9 Å². The summed E-state index contributed by atoms with van der Waals surface area (Å²) in [5.41, 5.74) is 0. The van der Waals surface area contributed by atoms with Crippen molar-refractivity contribution in [3.8, 4) is 0 Å². The van der Waals surface area contributed by atoms with E-state index in [-0.39, 0.29) is 37.3 Å². The van der Waals surface area contributed by atoms with Crippen LogP contribution in [0.25, 0.3) is 0 Å². The van der Waals surface area contributed by atoms with Crippen LogP contribution in [0.4, 0.5) is 0 Å². The number of carbonyl (C=O) groups is 2. The molecule has 0 aromatic heterocycles. The number of esters is 2. The van der Waals surface area contributed by atoms with Gasteiger partial charge in [-0.3, -0.25) is 9.59 Å². The van der Waals surface area contributed by atoms with Crippen molar-refractivity contribution < 1.29 is 39.5 Å². The molecule has 1 saturated carbocycles. The molecule has 292 valence electrons. The van der Waals surface area contributed by atoms with E-state index in [4.69, 9.17) is 9.47 Å². The van der Waals surface area contributed by atoms with Crippen LogP contribution in [0, 0.1) is 11.8 Å². The smallest absolute Gasteiger partial charge is 0.309 e. The fourth-order valence-corrected chi connectivity index (χ4v) is 6.88. The van der Waals surface area contributed by atoms with E-state index in [2.05, 4.69) is 13.8 Å². The zero-order valence-corrected chi connectivity index (χ0v) is 32.0. The van der Waals surface area contributed by atoms with E-state index in [9.17, 15) is 30.0 Å². The van der Waals surface area contributed by atoms with Crippen molar-refractivity contribution in [3.63, 3.8) is 0 Å². The van der Waals surface area contributed by atoms with E-state index in [0.717, 1.165) is 38.5 Å². The molecule has 0 aliphatic heterocycles. The molecule has 0 aromatic carbocycles. The standard InChI is InChI=1S/C42H76O8/c1-3-5-7-8-9-10-11-12-13-14-15-16-17-18-19-20-21-23-29-42(48)50-36(33-43)34-49-41(47)28-25-24-27-37-38(40(46)32-39(37)45)31-30-35(44)26-22-6-4-2/h24-25,30-31,35-40,43-46H,3-23,26-29,32-34H2,1-2H3/b25-24-,31-30+/t35-,36+,37+,38-,39+,40-/m1/s1. The molecule has 8 heteroatoms. The SMILES string of the molecule is CCCCCCCCCCCCCCCCCCCCC(=O)O[C@@H](CO)COC(=O)C/C=C\C[C@H]1[C@@H](/C=C/[C@H](O)CCCCC)[C@H](O)C[C@@H]1O. The number of hydrogen-bond donors (Lipinski definition) is 4. The first-order chi connectivity index (χ1) is 24.3. The number of hydrogen-bond acceptors (Lipinski definition) is 8. The van der Waals surface area contributed by atoms with E-state index in [1.54, 1.807) is 18.2 Å². The quantitative estimate of drug-likeness (QED) is 0.0302. The van der Waals surface area contributed by atoms with Crippen LogP contribution in [0.2, 0.25) is 0 Å².